The second-order valence-electron chi connectivity index (χ2n) is 3.15. The second-order valence-corrected chi connectivity index (χ2v) is 6.48. The van der Waals surface area contributed by atoms with Gasteiger partial charge >= 0.3 is 7.12 Å². The molecule has 0 aliphatic rings. The van der Waals surface area contributed by atoms with Gasteiger partial charge in [-0.2, -0.15) is 0 Å². The number of aromatic nitrogens is 1. The van der Waals surface area contributed by atoms with Crippen LogP contribution in [-0.2, 0) is 4.65 Å². The SMILES string of the molecule is COB(O)CNS(O)(O)CSc1ccncc1. The summed E-state index contributed by atoms with van der Waals surface area (Å²) in [4.78, 5) is 4.76. The number of rotatable bonds is 7. The third-order valence-electron chi connectivity index (χ3n) is 1.80. The van der Waals surface area contributed by atoms with Crippen molar-refractivity contribution in [1.82, 2.24) is 9.71 Å². The molecular weight excluding hydrogens is 263 g/mol. The fourth-order valence-electron chi connectivity index (χ4n) is 0.914. The minimum atomic E-state index is -2.93. The highest BCUT2D eigenvalue weighted by molar-refractivity contribution is 8.30. The maximum atomic E-state index is 9.64. The van der Waals surface area contributed by atoms with Crippen molar-refractivity contribution in [3.8, 4) is 0 Å². The monoisotopic (exact) mass is 278 g/mol. The average Bonchev–Trinajstić information content (AvgIpc) is 2.35. The third-order valence-corrected chi connectivity index (χ3v) is 4.82. The van der Waals surface area contributed by atoms with Gasteiger partial charge in [0.15, 0.2) is 0 Å². The molecule has 1 rings (SSSR count). The highest BCUT2D eigenvalue weighted by Gasteiger charge is 2.17. The van der Waals surface area contributed by atoms with Gasteiger partial charge in [-0.3, -0.25) is 14.1 Å². The maximum absolute atomic E-state index is 9.64. The Hall–Kier alpha value is -0.285. The number of nitrogens with zero attached hydrogens (tertiary/aromatic N) is 1. The maximum Gasteiger partial charge on any atom is 0.470 e. The van der Waals surface area contributed by atoms with Crippen LogP contribution in [0, 0.1) is 0 Å². The van der Waals surface area contributed by atoms with Crippen molar-refractivity contribution in [2.24, 2.45) is 0 Å². The molecule has 9 heteroatoms. The summed E-state index contributed by atoms with van der Waals surface area (Å²) in [5.41, 5.74) is 0. The van der Waals surface area contributed by atoms with Gasteiger partial charge in [-0.1, -0.05) is 0 Å². The molecule has 1 aromatic rings. The van der Waals surface area contributed by atoms with Gasteiger partial charge in [0.25, 0.3) is 0 Å². The first-order chi connectivity index (χ1) is 8.03. The van der Waals surface area contributed by atoms with Gasteiger partial charge in [-0.25, -0.2) is 4.72 Å². The molecule has 0 saturated heterocycles. The molecule has 0 radical (unpaired) electrons. The normalized spacial score (nSPS) is 12.5. The van der Waals surface area contributed by atoms with Crippen LogP contribution in [0.4, 0.5) is 0 Å². The van der Waals surface area contributed by atoms with E-state index in [1.807, 2.05) is 0 Å². The van der Waals surface area contributed by atoms with Crippen molar-refractivity contribution >= 4 is 29.7 Å². The Balaban J connectivity index is 2.34. The molecule has 4 N–H and O–H groups in total. The van der Waals surface area contributed by atoms with Crippen LogP contribution in [0.25, 0.3) is 0 Å². The number of hydrogen-bond acceptors (Lipinski definition) is 7. The molecule has 0 aliphatic heterocycles. The summed E-state index contributed by atoms with van der Waals surface area (Å²) in [6.45, 7) is 0. The molecule has 1 aromatic heterocycles. The minimum Gasteiger partial charge on any atom is -0.426 e. The highest BCUT2D eigenvalue weighted by Crippen LogP contribution is 2.39. The standard InChI is InChI=1S/C8H15BN2O4S2/c1-15-9(12)6-11-17(13,14)7-16-8-2-4-10-5-3-8/h2-5,11-14H,6-7H2,1H3. The van der Waals surface area contributed by atoms with Crippen LogP contribution in [0.5, 0.6) is 0 Å². The van der Waals surface area contributed by atoms with Gasteiger partial charge in [0, 0.05) is 30.8 Å². The number of nitrogens with one attached hydrogen (secondary N) is 1. The molecule has 1 heterocycles. The van der Waals surface area contributed by atoms with Gasteiger partial charge in [0.2, 0.25) is 0 Å². The van der Waals surface area contributed by atoms with E-state index in [-0.39, 0.29) is 11.5 Å². The van der Waals surface area contributed by atoms with Gasteiger partial charge in [-0.15, -0.1) is 22.5 Å². The zero-order valence-corrected chi connectivity index (χ0v) is 10.9. The van der Waals surface area contributed by atoms with Crippen LogP contribution in [-0.4, -0.2) is 44.9 Å². The molecule has 0 saturated carbocycles. The summed E-state index contributed by atoms with van der Waals surface area (Å²) in [6.07, 6.45) is 3.24. The van der Waals surface area contributed by atoms with Gasteiger partial charge < -0.3 is 9.68 Å². The smallest absolute Gasteiger partial charge is 0.426 e. The third kappa shape index (κ3) is 6.27. The predicted octanol–water partition coefficient (Wildman–Crippen LogP) is 1.05. The van der Waals surface area contributed by atoms with E-state index >= 15 is 0 Å². The van der Waals surface area contributed by atoms with Crippen LogP contribution in [0.3, 0.4) is 0 Å². The lowest BCUT2D eigenvalue weighted by molar-refractivity contribution is 0.324. The summed E-state index contributed by atoms with van der Waals surface area (Å²) >= 11 is 1.30. The van der Waals surface area contributed by atoms with E-state index in [4.69, 9.17) is 5.02 Å². The Labute approximate surface area is 106 Å². The van der Waals surface area contributed by atoms with Crippen molar-refractivity contribution in [3.63, 3.8) is 0 Å². The largest absolute Gasteiger partial charge is 0.470 e. The minimum absolute atomic E-state index is 0.0320. The van der Waals surface area contributed by atoms with Crippen LogP contribution in [0.2, 0.25) is 0 Å². The lowest BCUT2D eigenvalue weighted by Crippen LogP contribution is -2.34. The van der Waals surface area contributed by atoms with E-state index in [9.17, 15) is 9.11 Å². The van der Waals surface area contributed by atoms with E-state index in [2.05, 4.69) is 14.4 Å². The molecule has 0 atom stereocenters. The Morgan fingerprint density at radius 2 is 2.12 bits per heavy atom. The van der Waals surface area contributed by atoms with E-state index in [1.165, 1.54) is 18.9 Å². The quantitative estimate of drug-likeness (QED) is 0.437. The van der Waals surface area contributed by atoms with Crippen molar-refractivity contribution in [2.75, 3.05) is 18.6 Å². The van der Waals surface area contributed by atoms with Gasteiger partial charge in [-0.05, 0) is 12.1 Å². The fraction of sp³-hybridized carbons (Fsp3) is 0.375. The molecular formula is C8H15BN2O4S2. The lowest BCUT2D eigenvalue weighted by atomic mass is 9.93. The van der Waals surface area contributed by atoms with Crippen LogP contribution >= 0.6 is 22.5 Å². The van der Waals surface area contributed by atoms with Gasteiger partial charge in [0.1, 0.15) is 5.08 Å². The Kier molecular flexibility index (Phi) is 6.27. The second kappa shape index (κ2) is 7.22. The van der Waals surface area contributed by atoms with Crippen molar-refractivity contribution < 1.29 is 18.8 Å². The summed E-state index contributed by atoms with van der Waals surface area (Å²) in [6, 6.07) is 3.56. The zero-order chi connectivity index (χ0) is 12.7. The Bertz CT molecular complexity index is 331. The number of thioether (sulfide) groups is 1. The van der Waals surface area contributed by atoms with Crippen molar-refractivity contribution in [2.45, 2.75) is 4.90 Å². The highest BCUT2D eigenvalue weighted by atomic mass is 32.3. The summed E-state index contributed by atoms with van der Waals surface area (Å²) in [5.74, 6) is 0. The predicted molar refractivity (Wildman–Crippen MR) is 70.8 cm³/mol. The fourth-order valence-corrected chi connectivity index (χ4v) is 3.17. The molecule has 0 bridgehead atoms. The number of pyridine rings is 1. The van der Waals surface area contributed by atoms with Gasteiger partial charge in [0.05, 0.1) is 0 Å². The first-order valence-electron chi connectivity index (χ1n) is 4.78. The molecule has 0 aliphatic carbocycles. The van der Waals surface area contributed by atoms with E-state index in [1.54, 1.807) is 24.5 Å². The Morgan fingerprint density at radius 1 is 1.47 bits per heavy atom. The van der Waals surface area contributed by atoms with Crippen LogP contribution in [0.15, 0.2) is 29.4 Å². The molecule has 0 aromatic carbocycles. The molecule has 6 nitrogen and oxygen atoms in total. The molecule has 17 heavy (non-hydrogen) atoms. The summed E-state index contributed by atoms with van der Waals surface area (Å²) in [5, 5.41) is 9.20. The molecule has 0 fully saturated rings. The molecule has 0 amide bonds. The van der Waals surface area contributed by atoms with Crippen molar-refractivity contribution in [1.29, 1.82) is 0 Å². The van der Waals surface area contributed by atoms with Crippen LogP contribution in [0.1, 0.15) is 0 Å². The first-order valence-corrected chi connectivity index (χ1v) is 7.48. The van der Waals surface area contributed by atoms with E-state index in [0.717, 1.165) is 4.90 Å². The van der Waals surface area contributed by atoms with Crippen molar-refractivity contribution in [3.05, 3.63) is 24.5 Å². The topological polar surface area (TPSA) is 94.8 Å². The van der Waals surface area contributed by atoms with Crippen LogP contribution < -0.4 is 4.72 Å². The average molecular weight is 278 g/mol. The Morgan fingerprint density at radius 3 is 2.71 bits per heavy atom. The lowest BCUT2D eigenvalue weighted by Gasteiger charge is -2.32. The number of hydrogen-bond donors (Lipinski definition) is 4. The summed E-state index contributed by atoms with van der Waals surface area (Å²) < 4.78 is 26.3. The molecule has 0 unspecified atom stereocenters. The molecule has 96 valence electrons. The van der Waals surface area contributed by atoms with E-state index in [0.29, 0.717) is 0 Å². The molecule has 0 spiro atoms. The summed E-state index contributed by atoms with van der Waals surface area (Å²) in [7, 11) is -2.64. The first kappa shape index (κ1) is 14.8. The van der Waals surface area contributed by atoms with E-state index < -0.39 is 17.9 Å². The zero-order valence-electron chi connectivity index (χ0n) is 9.31.